The Morgan fingerprint density at radius 1 is 1.29 bits per heavy atom. The molecule has 0 spiro atoms. The zero-order valence-corrected chi connectivity index (χ0v) is 19.8. The number of aryl methyl sites for hydroxylation is 1. The van der Waals surface area contributed by atoms with E-state index >= 15 is 0 Å². The second-order valence-corrected chi connectivity index (χ2v) is 10.1. The molecule has 0 radical (unpaired) electrons. The molecular formula is C20H22ClN3O5S2. The maximum absolute atomic E-state index is 12.9. The normalized spacial score (nSPS) is 12.5. The molecule has 8 nitrogen and oxygen atoms in total. The summed E-state index contributed by atoms with van der Waals surface area (Å²) in [6.07, 6.45) is 1.02. The number of fused-ring (bicyclic) bond motifs is 1. The van der Waals surface area contributed by atoms with Gasteiger partial charge in [-0.05, 0) is 50.2 Å². The molecule has 1 atom stereocenters. The molecule has 11 heteroatoms. The maximum atomic E-state index is 12.9. The summed E-state index contributed by atoms with van der Waals surface area (Å²) in [6.45, 7) is 3.92. The third kappa shape index (κ3) is 4.70. The second kappa shape index (κ2) is 8.89. The molecule has 0 aliphatic heterocycles. The lowest BCUT2D eigenvalue weighted by molar-refractivity contribution is -0.116. The fourth-order valence-corrected chi connectivity index (χ4v) is 5.70. The Labute approximate surface area is 189 Å². The van der Waals surface area contributed by atoms with Crippen molar-refractivity contribution in [2.24, 2.45) is 0 Å². The van der Waals surface area contributed by atoms with Gasteiger partial charge in [0.1, 0.15) is 11.8 Å². The summed E-state index contributed by atoms with van der Waals surface area (Å²) in [5.41, 5.74) is 1.49. The highest BCUT2D eigenvalue weighted by Gasteiger charge is 2.29. The SMILES string of the molecule is CCn1c(=O)sc2cc(NC(=O)[C@@H](C)N(c3ccc(OC)c(Cl)c3)S(C)(=O)=O)ccc21. The number of benzene rings is 2. The van der Waals surface area contributed by atoms with Gasteiger partial charge in [0.15, 0.2) is 0 Å². The number of halogens is 1. The lowest BCUT2D eigenvalue weighted by Gasteiger charge is -2.28. The van der Waals surface area contributed by atoms with Crippen LogP contribution in [0.3, 0.4) is 0 Å². The number of nitrogens with one attached hydrogen (secondary N) is 1. The van der Waals surface area contributed by atoms with Gasteiger partial charge >= 0.3 is 4.87 Å². The summed E-state index contributed by atoms with van der Waals surface area (Å²) < 4.78 is 33.4. The Balaban J connectivity index is 1.91. The van der Waals surface area contributed by atoms with Crippen LogP contribution in [0.25, 0.3) is 10.2 Å². The van der Waals surface area contributed by atoms with E-state index in [2.05, 4.69) is 5.32 Å². The van der Waals surface area contributed by atoms with E-state index in [0.717, 1.165) is 32.1 Å². The number of nitrogens with zero attached hydrogens (tertiary/aromatic N) is 2. The first kappa shape index (κ1) is 23.1. The van der Waals surface area contributed by atoms with Crippen molar-refractivity contribution in [2.45, 2.75) is 26.4 Å². The van der Waals surface area contributed by atoms with Crippen molar-refractivity contribution in [1.82, 2.24) is 4.57 Å². The van der Waals surface area contributed by atoms with Gasteiger partial charge in [0.05, 0.1) is 34.3 Å². The Bertz CT molecular complexity index is 1300. The van der Waals surface area contributed by atoms with Crippen molar-refractivity contribution >= 4 is 60.5 Å². The van der Waals surface area contributed by atoms with Crippen molar-refractivity contribution in [2.75, 3.05) is 23.0 Å². The van der Waals surface area contributed by atoms with E-state index in [1.54, 1.807) is 22.8 Å². The topological polar surface area (TPSA) is 97.7 Å². The summed E-state index contributed by atoms with van der Waals surface area (Å²) in [5, 5.41) is 2.96. The van der Waals surface area contributed by atoms with Crippen LogP contribution >= 0.6 is 22.9 Å². The van der Waals surface area contributed by atoms with Crippen molar-refractivity contribution in [3.8, 4) is 5.75 Å². The molecule has 0 saturated heterocycles. The third-order valence-electron chi connectivity index (χ3n) is 4.73. The van der Waals surface area contributed by atoms with Crippen LogP contribution in [0.4, 0.5) is 11.4 Å². The summed E-state index contributed by atoms with van der Waals surface area (Å²) in [6, 6.07) is 8.57. The molecule has 0 aliphatic rings. The minimum Gasteiger partial charge on any atom is -0.495 e. The van der Waals surface area contributed by atoms with Crippen LogP contribution in [0.1, 0.15) is 13.8 Å². The van der Waals surface area contributed by atoms with E-state index in [1.165, 1.54) is 32.2 Å². The minimum atomic E-state index is -3.80. The number of carbonyl (C=O) groups excluding carboxylic acids is 1. The lowest BCUT2D eigenvalue weighted by Crippen LogP contribution is -2.45. The number of thiazole rings is 1. The maximum Gasteiger partial charge on any atom is 0.308 e. The first-order valence-corrected chi connectivity index (χ1v) is 12.4. The summed E-state index contributed by atoms with van der Waals surface area (Å²) in [5.74, 6) is -0.138. The van der Waals surface area contributed by atoms with Gasteiger partial charge in [0.25, 0.3) is 0 Å². The van der Waals surface area contributed by atoms with Crippen LogP contribution in [0.2, 0.25) is 5.02 Å². The van der Waals surface area contributed by atoms with Gasteiger partial charge in [-0.15, -0.1) is 0 Å². The number of sulfonamides is 1. The van der Waals surface area contributed by atoms with Gasteiger partial charge in [0.2, 0.25) is 15.9 Å². The molecule has 166 valence electrons. The van der Waals surface area contributed by atoms with Crippen molar-refractivity contribution in [3.05, 3.63) is 51.1 Å². The van der Waals surface area contributed by atoms with Crippen LogP contribution in [0.15, 0.2) is 41.2 Å². The molecule has 1 heterocycles. The van der Waals surface area contributed by atoms with Crippen molar-refractivity contribution in [1.29, 1.82) is 0 Å². The molecular weight excluding hydrogens is 462 g/mol. The van der Waals surface area contributed by atoms with Gasteiger partial charge in [-0.3, -0.25) is 18.5 Å². The molecule has 3 aromatic rings. The van der Waals surface area contributed by atoms with Gasteiger partial charge in [-0.1, -0.05) is 22.9 Å². The van der Waals surface area contributed by atoms with E-state index < -0.39 is 22.0 Å². The standard InChI is InChI=1S/C20H22ClN3O5S2/c1-5-23-16-8-6-13(10-18(16)30-20(23)26)22-19(25)12(2)24(31(4,27)28)14-7-9-17(29-3)15(21)11-14/h6-12H,5H2,1-4H3,(H,22,25)/t12-/m1/s1. The number of hydrogen-bond donors (Lipinski definition) is 1. The number of hydrogen-bond acceptors (Lipinski definition) is 6. The molecule has 0 saturated carbocycles. The first-order chi connectivity index (χ1) is 14.6. The van der Waals surface area contributed by atoms with Crippen LogP contribution in [0.5, 0.6) is 5.75 Å². The first-order valence-electron chi connectivity index (χ1n) is 9.34. The number of ether oxygens (including phenoxy) is 1. The predicted octanol–water partition coefficient (Wildman–Crippen LogP) is 3.54. The lowest BCUT2D eigenvalue weighted by atomic mass is 10.2. The monoisotopic (exact) mass is 483 g/mol. The molecule has 0 unspecified atom stereocenters. The number of amides is 1. The Kier molecular flexibility index (Phi) is 6.63. The smallest absolute Gasteiger partial charge is 0.308 e. The van der Waals surface area contributed by atoms with Crippen LogP contribution in [-0.4, -0.2) is 38.3 Å². The third-order valence-corrected chi connectivity index (χ3v) is 7.21. The predicted molar refractivity (Wildman–Crippen MR) is 125 cm³/mol. The average Bonchev–Trinajstić information content (AvgIpc) is 3.01. The molecule has 3 rings (SSSR count). The fraction of sp³-hybridized carbons (Fsp3) is 0.300. The van der Waals surface area contributed by atoms with E-state index in [-0.39, 0.29) is 15.6 Å². The molecule has 1 amide bonds. The number of carbonyl (C=O) groups is 1. The van der Waals surface area contributed by atoms with E-state index in [4.69, 9.17) is 16.3 Å². The largest absolute Gasteiger partial charge is 0.495 e. The second-order valence-electron chi connectivity index (χ2n) is 6.84. The van der Waals surface area contributed by atoms with Crippen LogP contribution in [-0.2, 0) is 21.4 Å². The molecule has 0 aliphatic carbocycles. The Hall–Kier alpha value is -2.56. The molecule has 0 fully saturated rings. The van der Waals surface area contributed by atoms with Gasteiger partial charge in [-0.25, -0.2) is 8.42 Å². The Morgan fingerprint density at radius 3 is 2.58 bits per heavy atom. The van der Waals surface area contributed by atoms with E-state index in [9.17, 15) is 18.0 Å². The summed E-state index contributed by atoms with van der Waals surface area (Å²) in [7, 11) is -2.35. The van der Waals surface area contributed by atoms with Gasteiger partial charge in [-0.2, -0.15) is 0 Å². The molecule has 1 N–H and O–H groups in total. The molecule has 31 heavy (non-hydrogen) atoms. The minimum absolute atomic E-state index is 0.0750. The summed E-state index contributed by atoms with van der Waals surface area (Å²) in [4.78, 5) is 24.9. The zero-order chi connectivity index (χ0) is 22.9. The van der Waals surface area contributed by atoms with Crippen LogP contribution < -0.4 is 19.2 Å². The Morgan fingerprint density at radius 2 is 2.00 bits per heavy atom. The molecule has 1 aromatic heterocycles. The number of anilines is 2. The van der Waals surface area contributed by atoms with Gasteiger partial charge in [0, 0.05) is 12.2 Å². The number of aromatic nitrogens is 1. The van der Waals surface area contributed by atoms with E-state index in [1.807, 2.05) is 6.92 Å². The molecule has 2 aromatic carbocycles. The number of rotatable bonds is 7. The highest BCUT2D eigenvalue weighted by atomic mass is 35.5. The van der Waals surface area contributed by atoms with Crippen molar-refractivity contribution in [3.63, 3.8) is 0 Å². The molecule has 0 bridgehead atoms. The zero-order valence-electron chi connectivity index (χ0n) is 17.4. The quantitative estimate of drug-likeness (QED) is 0.554. The van der Waals surface area contributed by atoms with Crippen molar-refractivity contribution < 1.29 is 17.9 Å². The van der Waals surface area contributed by atoms with Crippen LogP contribution in [0, 0.1) is 0 Å². The fourth-order valence-electron chi connectivity index (χ4n) is 3.29. The highest BCUT2D eigenvalue weighted by molar-refractivity contribution is 7.92. The van der Waals surface area contributed by atoms with E-state index in [0.29, 0.717) is 18.0 Å². The summed E-state index contributed by atoms with van der Waals surface area (Å²) >= 11 is 7.24. The van der Waals surface area contributed by atoms with Gasteiger partial charge < -0.3 is 10.1 Å². The average molecular weight is 484 g/mol. The number of methoxy groups -OCH3 is 1. The highest BCUT2D eigenvalue weighted by Crippen LogP contribution is 2.31.